The third kappa shape index (κ3) is 7.04. The first-order valence-corrected chi connectivity index (χ1v) is 19.7. The van der Waals surface area contributed by atoms with Crippen molar-refractivity contribution in [3.63, 3.8) is 0 Å². The standard InChI is InChI=1S/C39H49N5O6S/c1-25-11-15-32-27(18-25)9-7-17-39(32)23-44-20-29-12-14-30(29)34(48-4)10-6-8-26(2)22-51(47,42-37(46)31-21-43(3)40-38(31)49-5)41-36(45)28-13-16-35(50-24-39)33(44)19-28/h6,10-11,13,15-16,18-19,21,26,29-30,34H,7-9,12,14,17,20,22-24H2,1-5H3,(H,41,42,45,46,47)/b10-6-/t26-,29-,30+,34-,39-,51?/m0/s1. The van der Waals surface area contributed by atoms with Crippen LogP contribution >= 0.6 is 0 Å². The van der Waals surface area contributed by atoms with Crippen LogP contribution in [0, 0.1) is 24.7 Å². The first-order chi connectivity index (χ1) is 24.5. The molecule has 3 aromatic rings. The number of aryl methyl sites for hydroxylation is 3. The number of allylic oxidation sites excluding steroid dienone is 1. The molecule has 0 radical (unpaired) electrons. The van der Waals surface area contributed by atoms with Crippen molar-refractivity contribution in [1.82, 2.24) is 14.5 Å². The number of hydrogen-bond acceptors (Lipinski definition) is 8. The van der Waals surface area contributed by atoms with Crippen LogP contribution in [-0.4, -0.2) is 71.6 Å². The van der Waals surface area contributed by atoms with E-state index in [-0.39, 0.29) is 34.6 Å². The van der Waals surface area contributed by atoms with E-state index < -0.39 is 21.7 Å². The van der Waals surface area contributed by atoms with Gasteiger partial charge in [-0.1, -0.05) is 42.8 Å². The lowest BCUT2D eigenvalue weighted by molar-refractivity contribution is 0.0131. The third-order valence-electron chi connectivity index (χ3n) is 11.2. The minimum atomic E-state index is -3.58. The van der Waals surface area contributed by atoms with E-state index in [4.69, 9.17) is 14.2 Å². The number of aromatic nitrogens is 2. The molecule has 11 nitrogen and oxygen atoms in total. The Morgan fingerprint density at radius 2 is 2.00 bits per heavy atom. The van der Waals surface area contributed by atoms with E-state index in [1.54, 1.807) is 20.2 Å². The zero-order valence-electron chi connectivity index (χ0n) is 30.2. The normalized spacial score (nSPS) is 29.7. The molecule has 4 aliphatic rings. The van der Waals surface area contributed by atoms with Gasteiger partial charge in [-0.15, -0.1) is 9.46 Å². The van der Waals surface area contributed by atoms with E-state index in [2.05, 4.69) is 56.4 Å². The lowest BCUT2D eigenvalue weighted by atomic mass is 9.68. The fourth-order valence-corrected chi connectivity index (χ4v) is 10.4. The summed E-state index contributed by atoms with van der Waals surface area (Å²) in [4.78, 5) is 29.9. The van der Waals surface area contributed by atoms with E-state index in [0.29, 0.717) is 36.2 Å². The molecule has 7 rings (SSSR count). The number of methoxy groups -OCH3 is 2. The fraction of sp³-hybridized carbons (Fsp3) is 0.513. The molecule has 6 atom stereocenters. The minimum absolute atomic E-state index is 0.0251. The Bertz CT molecular complexity index is 1980. The Morgan fingerprint density at radius 1 is 1.16 bits per heavy atom. The molecule has 1 N–H and O–H groups in total. The van der Waals surface area contributed by atoms with Gasteiger partial charge in [-0.3, -0.25) is 19.0 Å². The highest BCUT2D eigenvalue weighted by Gasteiger charge is 2.44. The number of rotatable bonds is 4. The smallest absolute Gasteiger partial charge is 0.286 e. The number of anilines is 1. The molecule has 1 aromatic heterocycles. The molecule has 12 heteroatoms. The average Bonchev–Trinajstić information content (AvgIpc) is 3.40. The van der Waals surface area contributed by atoms with Crippen LogP contribution in [0.1, 0.15) is 76.4 Å². The summed E-state index contributed by atoms with van der Waals surface area (Å²) in [6.07, 6.45) is 11.5. The molecule has 2 bridgehead atoms. The summed E-state index contributed by atoms with van der Waals surface area (Å²) in [6, 6.07) is 12.2. The molecular weight excluding hydrogens is 667 g/mol. The van der Waals surface area contributed by atoms with Crippen molar-refractivity contribution >= 4 is 27.4 Å². The summed E-state index contributed by atoms with van der Waals surface area (Å²) < 4.78 is 40.9. The maximum atomic E-state index is 14.6. The summed E-state index contributed by atoms with van der Waals surface area (Å²) in [5, 5.41) is 4.15. The van der Waals surface area contributed by atoms with Gasteiger partial charge in [-0.05, 0) is 92.5 Å². The van der Waals surface area contributed by atoms with Crippen LogP contribution in [0.4, 0.5) is 5.69 Å². The van der Waals surface area contributed by atoms with E-state index in [1.807, 2.05) is 19.1 Å². The van der Waals surface area contributed by atoms with E-state index in [0.717, 1.165) is 50.9 Å². The molecule has 2 aromatic carbocycles. The first kappa shape index (κ1) is 35.3. The molecule has 1 fully saturated rings. The number of carbonyl (C=O) groups excluding carboxylic acids is 2. The SMILES string of the molecule is COc1nn(C)cc1C(=O)NS1(=O)=NC(=O)c2ccc3c(c2)N(C[C@@H]2CC[C@H]2[C@@H](OC)/C=C\C[C@H](C)C1)C[C@@]1(CCCc2cc(C)ccc21)CO3. The van der Waals surface area contributed by atoms with Gasteiger partial charge in [-0.25, -0.2) is 4.21 Å². The van der Waals surface area contributed by atoms with Crippen LogP contribution in [0.2, 0.25) is 0 Å². The summed E-state index contributed by atoms with van der Waals surface area (Å²) in [5.74, 6) is 0.0231. The zero-order valence-corrected chi connectivity index (χ0v) is 31.0. The number of carbonyl (C=O) groups is 2. The minimum Gasteiger partial charge on any atom is -0.490 e. The van der Waals surface area contributed by atoms with Gasteiger partial charge in [0, 0.05) is 44.4 Å². The van der Waals surface area contributed by atoms with Gasteiger partial charge in [-0.2, -0.15) is 0 Å². The summed E-state index contributed by atoms with van der Waals surface area (Å²) in [5.41, 5.74) is 5.02. The van der Waals surface area contributed by atoms with Gasteiger partial charge >= 0.3 is 0 Å². The number of benzene rings is 2. The highest BCUT2D eigenvalue weighted by molar-refractivity contribution is 7.92. The van der Waals surface area contributed by atoms with Crippen LogP contribution in [0.5, 0.6) is 11.6 Å². The lowest BCUT2D eigenvalue weighted by Gasteiger charge is -2.46. The van der Waals surface area contributed by atoms with Crippen LogP contribution in [0.25, 0.3) is 0 Å². The predicted octanol–water partition coefficient (Wildman–Crippen LogP) is 5.80. The fourth-order valence-electron chi connectivity index (χ4n) is 8.50. The number of ether oxygens (including phenoxy) is 3. The Balaban J connectivity index is 1.31. The Hall–Kier alpha value is -4.16. The van der Waals surface area contributed by atoms with Gasteiger partial charge in [0.1, 0.15) is 21.2 Å². The van der Waals surface area contributed by atoms with Crippen LogP contribution in [0.15, 0.2) is 59.1 Å². The number of nitrogens with zero attached hydrogens (tertiary/aromatic N) is 4. The summed E-state index contributed by atoms with van der Waals surface area (Å²) in [6.45, 7) is 6.17. The average molecular weight is 716 g/mol. The highest BCUT2D eigenvalue weighted by Crippen LogP contribution is 2.47. The number of fused-ring (bicyclic) bond motifs is 4. The highest BCUT2D eigenvalue weighted by atomic mass is 32.2. The molecular formula is C39H49N5O6S. The Kier molecular flexibility index (Phi) is 9.75. The van der Waals surface area contributed by atoms with Crippen molar-refractivity contribution < 1.29 is 28.0 Å². The second kappa shape index (κ2) is 14.1. The second-order valence-electron chi connectivity index (χ2n) is 15.0. The monoisotopic (exact) mass is 715 g/mol. The van der Waals surface area contributed by atoms with Crippen LogP contribution in [0.3, 0.4) is 0 Å². The lowest BCUT2D eigenvalue weighted by Crippen LogP contribution is -2.49. The zero-order chi connectivity index (χ0) is 35.9. The quantitative estimate of drug-likeness (QED) is 0.337. The number of amides is 2. The topological polar surface area (TPSA) is 124 Å². The van der Waals surface area contributed by atoms with Gasteiger partial charge in [0.05, 0.1) is 31.3 Å². The molecule has 1 spiro atoms. The van der Waals surface area contributed by atoms with Crippen molar-refractivity contribution in [3.8, 4) is 11.6 Å². The first-order valence-electron chi connectivity index (χ1n) is 18.0. The van der Waals surface area contributed by atoms with Gasteiger partial charge in [0.25, 0.3) is 11.8 Å². The van der Waals surface area contributed by atoms with Crippen LogP contribution < -0.4 is 19.1 Å². The second-order valence-corrected chi connectivity index (χ2v) is 17.0. The molecule has 51 heavy (non-hydrogen) atoms. The van der Waals surface area contributed by atoms with Gasteiger partial charge in [0.15, 0.2) is 0 Å². The molecule has 2 aliphatic carbocycles. The van der Waals surface area contributed by atoms with E-state index >= 15 is 0 Å². The van der Waals surface area contributed by atoms with Gasteiger partial charge in [0.2, 0.25) is 5.88 Å². The molecule has 2 amide bonds. The van der Waals surface area contributed by atoms with Crippen molar-refractivity contribution in [2.45, 2.75) is 63.9 Å². The van der Waals surface area contributed by atoms with Crippen molar-refractivity contribution in [1.29, 1.82) is 0 Å². The predicted molar refractivity (Wildman–Crippen MR) is 197 cm³/mol. The van der Waals surface area contributed by atoms with E-state index in [9.17, 15) is 13.8 Å². The van der Waals surface area contributed by atoms with Crippen molar-refractivity contribution in [3.05, 3.63) is 82.6 Å². The maximum Gasteiger partial charge on any atom is 0.286 e. The molecule has 272 valence electrons. The Labute approximate surface area is 301 Å². The molecule has 2 aliphatic heterocycles. The van der Waals surface area contributed by atoms with Crippen LogP contribution in [-0.2, 0) is 33.5 Å². The largest absolute Gasteiger partial charge is 0.490 e. The molecule has 3 heterocycles. The molecule has 1 saturated carbocycles. The molecule has 0 saturated heterocycles. The summed E-state index contributed by atoms with van der Waals surface area (Å²) >= 11 is 0. The number of nitrogens with one attached hydrogen (secondary N) is 1. The number of hydrogen-bond donors (Lipinski definition) is 1. The maximum absolute atomic E-state index is 14.6. The van der Waals surface area contributed by atoms with E-state index in [1.165, 1.54) is 34.7 Å². The van der Waals surface area contributed by atoms with Crippen molar-refractivity contribution in [2.75, 3.05) is 44.6 Å². The van der Waals surface area contributed by atoms with Crippen molar-refractivity contribution in [2.24, 2.45) is 29.2 Å². The van der Waals surface area contributed by atoms with Gasteiger partial charge < -0.3 is 19.1 Å². The molecule has 1 unspecified atom stereocenters. The summed E-state index contributed by atoms with van der Waals surface area (Å²) in [7, 11) is 1.26. The third-order valence-corrected chi connectivity index (χ3v) is 13.2. The Morgan fingerprint density at radius 3 is 2.76 bits per heavy atom.